The number of nitriles is 1. The molecule has 3 rings (SSSR count). The molecule has 6 nitrogen and oxygen atoms in total. The molecule has 0 bridgehead atoms. The molecule has 1 aromatic carbocycles. The number of aromatic nitrogens is 1. The highest BCUT2D eigenvalue weighted by molar-refractivity contribution is 6.30. The highest BCUT2D eigenvalue weighted by Crippen LogP contribution is 2.40. The van der Waals surface area contributed by atoms with E-state index >= 15 is 0 Å². The van der Waals surface area contributed by atoms with Crippen molar-refractivity contribution < 1.29 is 9.64 Å². The molecule has 2 heterocycles. The molecule has 158 valence electrons. The number of quaternary nitrogens is 1. The van der Waals surface area contributed by atoms with Crippen molar-refractivity contribution in [3.8, 4) is 11.8 Å². The summed E-state index contributed by atoms with van der Waals surface area (Å²) in [6.07, 6.45) is 0.895. The standard InChI is InChI=1S/C23H27ClN4O2/c1-4-27(5-2)11-6-12-28-15(3)13-19-21(23(28)29)20(18(14-25)22(26)30-19)16-7-9-17(24)10-8-16/h7-10,13,20H,4-6,11-12,26H2,1-3H3/p+1/t20-/m0/s1. The molecule has 7 heteroatoms. The molecule has 0 radical (unpaired) electrons. The van der Waals surface area contributed by atoms with E-state index < -0.39 is 5.92 Å². The molecular formula is C23H28ClN4O2+. The fourth-order valence-corrected chi connectivity index (χ4v) is 4.17. The van der Waals surface area contributed by atoms with Crippen molar-refractivity contribution in [1.82, 2.24) is 4.57 Å². The van der Waals surface area contributed by atoms with Crippen LogP contribution in [0.1, 0.15) is 43.0 Å². The summed E-state index contributed by atoms with van der Waals surface area (Å²) in [5.74, 6) is -0.130. The fraction of sp³-hybridized carbons (Fsp3) is 0.391. The van der Waals surface area contributed by atoms with Crippen molar-refractivity contribution in [3.05, 3.63) is 74.0 Å². The molecular weight excluding hydrogens is 400 g/mol. The highest BCUT2D eigenvalue weighted by atomic mass is 35.5. The molecule has 3 N–H and O–H groups in total. The molecule has 0 spiro atoms. The van der Waals surface area contributed by atoms with Crippen molar-refractivity contribution in [2.75, 3.05) is 19.6 Å². The smallest absolute Gasteiger partial charge is 0.258 e. The van der Waals surface area contributed by atoms with Gasteiger partial charge in [0.1, 0.15) is 17.4 Å². The Balaban J connectivity index is 2.06. The summed E-state index contributed by atoms with van der Waals surface area (Å²) in [6.45, 7) is 9.99. The number of fused-ring (bicyclic) bond motifs is 1. The Kier molecular flexibility index (Phi) is 6.86. The van der Waals surface area contributed by atoms with Crippen LogP contribution >= 0.6 is 11.6 Å². The molecule has 0 amide bonds. The van der Waals surface area contributed by atoms with Crippen LogP contribution < -0.4 is 20.9 Å². The molecule has 0 fully saturated rings. The van der Waals surface area contributed by atoms with Gasteiger partial charge in [0.15, 0.2) is 0 Å². The van der Waals surface area contributed by atoms with Gasteiger partial charge in [-0.2, -0.15) is 5.26 Å². The summed E-state index contributed by atoms with van der Waals surface area (Å²) in [5.41, 5.74) is 8.19. The van der Waals surface area contributed by atoms with Gasteiger partial charge >= 0.3 is 0 Å². The molecule has 30 heavy (non-hydrogen) atoms. The lowest BCUT2D eigenvalue weighted by atomic mass is 9.84. The van der Waals surface area contributed by atoms with Gasteiger partial charge in [-0.3, -0.25) is 4.79 Å². The summed E-state index contributed by atoms with van der Waals surface area (Å²) >= 11 is 6.04. The lowest BCUT2D eigenvalue weighted by Gasteiger charge is -2.27. The van der Waals surface area contributed by atoms with Gasteiger partial charge in [0.05, 0.1) is 31.1 Å². The Hall–Kier alpha value is -2.75. The Labute approximate surface area is 182 Å². The first-order valence-electron chi connectivity index (χ1n) is 10.3. The van der Waals surface area contributed by atoms with Gasteiger partial charge in [-0.25, -0.2) is 0 Å². The lowest BCUT2D eigenvalue weighted by molar-refractivity contribution is -0.896. The van der Waals surface area contributed by atoms with E-state index in [0.717, 1.165) is 37.3 Å². The monoisotopic (exact) mass is 427 g/mol. The van der Waals surface area contributed by atoms with E-state index in [1.165, 1.54) is 4.90 Å². The van der Waals surface area contributed by atoms with E-state index in [1.54, 1.807) is 16.7 Å². The normalized spacial score (nSPS) is 15.7. The molecule has 0 saturated heterocycles. The number of aryl methyl sites for hydroxylation is 1. The van der Waals surface area contributed by atoms with Crippen LogP contribution in [-0.4, -0.2) is 24.2 Å². The number of hydrogen-bond donors (Lipinski definition) is 2. The van der Waals surface area contributed by atoms with E-state index in [2.05, 4.69) is 19.9 Å². The van der Waals surface area contributed by atoms with Crippen LogP contribution in [0.5, 0.6) is 5.75 Å². The van der Waals surface area contributed by atoms with Gasteiger partial charge in [-0.1, -0.05) is 23.7 Å². The zero-order valence-electron chi connectivity index (χ0n) is 17.7. The second-order valence-electron chi connectivity index (χ2n) is 7.56. The van der Waals surface area contributed by atoms with Crippen LogP contribution in [0, 0.1) is 18.3 Å². The molecule has 1 aliphatic heterocycles. The van der Waals surface area contributed by atoms with Crippen molar-refractivity contribution in [2.45, 2.75) is 39.7 Å². The van der Waals surface area contributed by atoms with Crippen LogP contribution in [0.4, 0.5) is 0 Å². The van der Waals surface area contributed by atoms with Crippen molar-refractivity contribution in [1.29, 1.82) is 5.26 Å². The summed E-state index contributed by atoms with van der Waals surface area (Å²) in [7, 11) is 0. The molecule has 0 saturated carbocycles. The first-order chi connectivity index (χ1) is 14.4. The number of pyridine rings is 1. The number of benzene rings is 1. The molecule has 1 atom stereocenters. The number of nitrogens with two attached hydrogens (primary N) is 1. The minimum atomic E-state index is -0.580. The lowest BCUT2D eigenvalue weighted by Crippen LogP contribution is -3.11. The van der Waals surface area contributed by atoms with Crippen LogP contribution in [0.2, 0.25) is 5.02 Å². The minimum Gasteiger partial charge on any atom is -0.440 e. The minimum absolute atomic E-state index is 0.0339. The predicted octanol–water partition coefficient (Wildman–Crippen LogP) is 2.34. The van der Waals surface area contributed by atoms with Crippen molar-refractivity contribution >= 4 is 11.6 Å². The SMILES string of the molecule is CC[NH+](CC)CCCn1c(C)cc2c(c1=O)[C@@H](c1ccc(Cl)cc1)C(C#N)=C(N)O2. The summed E-state index contributed by atoms with van der Waals surface area (Å²) in [6, 6.07) is 11.1. The number of nitrogens with one attached hydrogen (secondary N) is 1. The topological polar surface area (TPSA) is 85.5 Å². The number of ether oxygens (including phenoxy) is 1. The first-order valence-corrected chi connectivity index (χ1v) is 10.7. The maximum absolute atomic E-state index is 13.5. The van der Waals surface area contributed by atoms with Crippen LogP contribution in [0.3, 0.4) is 0 Å². The van der Waals surface area contributed by atoms with E-state index in [1.807, 2.05) is 25.1 Å². The number of hydrogen-bond acceptors (Lipinski definition) is 4. The molecule has 2 aromatic rings. The first kappa shape index (κ1) is 21.9. The quantitative estimate of drug-likeness (QED) is 0.710. The van der Waals surface area contributed by atoms with Crippen LogP contribution in [0.25, 0.3) is 0 Å². The van der Waals surface area contributed by atoms with Crippen molar-refractivity contribution in [3.63, 3.8) is 0 Å². The van der Waals surface area contributed by atoms with Gasteiger partial charge < -0.3 is 19.9 Å². The molecule has 1 aromatic heterocycles. The number of halogens is 1. The Bertz CT molecular complexity index is 1050. The zero-order valence-corrected chi connectivity index (χ0v) is 18.4. The van der Waals surface area contributed by atoms with Gasteiger partial charge in [-0.05, 0) is 38.5 Å². The predicted molar refractivity (Wildman–Crippen MR) is 118 cm³/mol. The van der Waals surface area contributed by atoms with Gasteiger partial charge in [0.2, 0.25) is 5.88 Å². The van der Waals surface area contributed by atoms with Crippen LogP contribution in [0.15, 0.2) is 46.6 Å². The van der Waals surface area contributed by atoms with Crippen molar-refractivity contribution in [2.24, 2.45) is 5.73 Å². The maximum Gasteiger partial charge on any atom is 0.258 e. The Morgan fingerprint density at radius 1 is 1.27 bits per heavy atom. The second-order valence-corrected chi connectivity index (χ2v) is 7.99. The third kappa shape index (κ3) is 4.23. The Morgan fingerprint density at radius 3 is 2.53 bits per heavy atom. The van der Waals surface area contributed by atoms with E-state index in [9.17, 15) is 10.1 Å². The summed E-state index contributed by atoms with van der Waals surface area (Å²) in [4.78, 5) is 15.0. The maximum atomic E-state index is 13.5. The van der Waals surface area contributed by atoms with Crippen LogP contribution in [-0.2, 0) is 6.54 Å². The average Bonchev–Trinajstić information content (AvgIpc) is 2.73. The summed E-state index contributed by atoms with van der Waals surface area (Å²) in [5, 5.41) is 10.3. The van der Waals surface area contributed by atoms with E-state index in [0.29, 0.717) is 22.9 Å². The third-order valence-electron chi connectivity index (χ3n) is 5.81. The Morgan fingerprint density at radius 2 is 1.93 bits per heavy atom. The number of allylic oxidation sites excluding steroid dienone is 1. The highest BCUT2D eigenvalue weighted by Gasteiger charge is 2.34. The third-order valence-corrected chi connectivity index (χ3v) is 6.06. The van der Waals surface area contributed by atoms with Gasteiger partial charge in [0.25, 0.3) is 5.56 Å². The second kappa shape index (κ2) is 9.38. The zero-order chi connectivity index (χ0) is 21.8. The van der Waals surface area contributed by atoms with E-state index in [4.69, 9.17) is 22.1 Å². The van der Waals surface area contributed by atoms with E-state index in [-0.39, 0.29) is 17.0 Å². The van der Waals surface area contributed by atoms with Gasteiger partial charge in [0, 0.05) is 29.7 Å². The van der Waals surface area contributed by atoms with Gasteiger partial charge in [-0.15, -0.1) is 0 Å². The number of rotatable bonds is 7. The number of nitrogens with zero attached hydrogens (tertiary/aromatic N) is 2. The average molecular weight is 428 g/mol. The fourth-order valence-electron chi connectivity index (χ4n) is 4.04. The molecule has 0 aliphatic carbocycles. The molecule has 1 aliphatic rings. The largest absolute Gasteiger partial charge is 0.440 e. The molecule has 0 unspecified atom stereocenters. The summed E-state index contributed by atoms with van der Waals surface area (Å²) < 4.78 is 7.48.